The third-order valence-corrected chi connectivity index (χ3v) is 7.22. The van der Waals surface area contributed by atoms with E-state index in [0.29, 0.717) is 57.0 Å². The van der Waals surface area contributed by atoms with E-state index in [-0.39, 0.29) is 24.2 Å². The van der Waals surface area contributed by atoms with Crippen LogP contribution in [0, 0.1) is 5.92 Å². The first-order valence-electron chi connectivity index (χ1n) is 13.0. The van der Waals surface area contributed by atoms with Gasteiger partial charge in [0.15, 0.2) is 0 Å². The molecular formula is C27H30N6O4. The number of benzene rings is 1. The van der Waals surface area contributed by atoms with Crippen LogP contribution in [0.15, 0.2) is 47.1 Å². The quantitative estimate of drug-likeness (QED) is 0.485. The van der Waals surface area contributed by atoms with Gasteiger partial charge in [-0.15, -0.1) is 0 Å². The summed E-state index contributed by atoms with van der Waals surface area (Å²) in [5.41, 5.74) is 1.63. The van der Waals surface area contributed by atoms with Gasteiger partial charge in [-0.1, -0.05) is 5.16 Å². The number of carbonyl (C=O) groups excluding carboxylic acids is 2. The molecule has 10 heteroatoms. The van der Waals surface area contributed by atoms with Crippen molar-refractivity contribution in [2.75, 3.05) is 49.1 Å². The molecule has 0 N–H and O–H groups in total. The minimum absolute atomic E-state index is 0.0173. The van der Waals surface area contributed by atoms with Crippen LogP contribution in [-0.4, -0.2) is 71.2 Å². The topological polar surface area (TPSA) is 105 Å². The number of anilines is 2. The van der Waals surface area contributed by atoms with Crippen molar-refractivity contribution in [3.8, 4) is 17.1 Å². The van der Waals surface area contributed by atoms with E-state index in [4.69, 9.17) is 9.26 Å². The molecule has 2 aliphatic heterocycles. The summed E-state index contributed by atoms with van der Waals surface area (Å²) in [7, 11) is 0. The average molecular weight is 503 g/mol. The summed E-state index contributed by atoms with van der Waals surface area (Å²) in [6.45, 7) is 5.52. The zero-order valence-corrected chi connectivity index (χ0v) is 20.9. The molecule has 37 heavy (non-hydrogen) atoms. The highest BCUT2D eigenvalue weighted by molar-refractivity contribution is 6.00. The second-order valence-corrected chi connectivity index (χ2v) is 9.78. The summed E-state index contributed by atoms with van der Waals surface area (Å²) in [4.78, 5) is 40.8. The summed E-state index contributed by atoms with van der Waals surface area (Å²) >= 11 is 0. The molecule has 6 rings (SSSR count). The van der Waals surface area contributed by atoms with Crippen LogP contribution in [0.4, 0.5) is 11.5 Å². The summed E-state index contributed by atoms with van der Waals surface area (Å²) in [5.74, 6) is 3.05. The molecule has 2 saturated heterocycles. The number of rotatable bonds is 7. The van der Waals surface area contributed by atoms with Crippen molar-refractivity contribution < 1.29 is 18.8 Å². The molecule has 3 aromatic rings. The number of carbonyl (C=O) groups is 2. The lowest BCUT2D eigenvalue weighted by molar-refractivity contribution is -0.136. The minimum atomic E-state index is -0.321. The molecule has 2 amide bonds. The highest BCUT2D eigenvalue weighted by atomic mass is 16.5. The number of hydrogen-bond acceptors (Lipinski definition) is 8. The predicted molar refractivity (Wildman–Crippen MR) is 136 cm³/mol. The van der Waals surface area contributed by atoms with Gasteiger partial charge in [0.1, 0.15) is 11.6 Å². The molecule has 1 aromatic carbocycles. The second kappa shape index (κ2) is 9.84. The van der Waals surface area contributed by atoms with Gasteiger partial charge in [-0.25, -0.2) is 4.98 Å². The second-order valence-electron chi connectivity index (χ2n) is 9.78. The van der Waals surface area contributed by atoms with E-state index in [9.17, 15) is 9.59 Å². The lowest BCUT2D eigenvalue weighted by Gasteiger charge is -2.36. The molecule has 192 valence electrons. The van der Waals surface area contributed by atoms with Gasteiger partial charge in [-0.05, 0) is 56.2 Å². The number of nitrogens with zero attached hydrogens (tertiary/aromatic N) is 6. The Labute approximate surface area is 215 Å². The van der Waals surface area contributed by atoms with Crippen molar-refractivity contribution in [3.05, 3.63) is 48.5 Å². The van der Waals surface area contributed by atoms with Gasteiger partial charge in [-0.2, -0.15) is 4.98 Å². The molecule has 1 unspecified atom stereocenters. The Hall–Kier alpha value is -3.95. The first-order valence-corrected chi connectivity index (χ1v) is 13.0. The van der Waals surface area contributed by atoms with Gasteiger partial charge in [0.2, 0.25) is 23.5 Å². The van der Waals surface area contributed by atoms with Crippen LogP contribution < -0.4 is 14.5 Å². The lowest BCUT2D eigenvalue weighted by atomic mass is 10.1. The van der Waals surface area contributed by atoms with Crippen LogP contribution in [0.5, 0.6) is 5.75 Å². The standard InChI is InChI=1S/C27H30N6O4/c1-2-36-22-8-6-21(7-9-22)33-17-20(15-24(33)34)27(35)32-13-11-31(12-14-32)23-10-5-19(16-28-23)25-29-26(37-30-25)18-3-4-18/h5-10,16,18,20H,2-4,11-15,17H2,1H3. The maximum absolute atomic E-state index is 13.2. The number of hydrogen-bond donors (Lipinski definition) is 0. The summed E-state index contributed by atoms with van der Waals surface area (Å²) in [6, 6.07) is 11.4. The fourth-order valence-electron chi connectivity index (χ4n) is 4.98. The Balaban J connectivity index is 1.03. The molecular weight excluding hydrogens is 472 g/mol. The van der Waals surface area contributed by atoms with E-state index in [1.807, 2.05) is 48.2 Å². The summed E-state index contributed by atoms with van der Waals surface area (Å²) in [6.07, 6.45) is 4.25. The normalized spacial score (nSPS) is 20.0. The van der Waals surface area contributed by atoms with E-state index in [1.54, 1.807) is 11.1 Å². The number of pyridine rings is 1. The van der Waals surface area contributed by atoms with Gasteiger partial charge >= 0.3 is 0 Å². The van der Waals surface area contributed by atoms with E-state index in [0.717, 1.165) is 35.7 Å². The molecule has 0 bridgehead atoms. The van der Waals surface area contributed by atoms with Crippen LogP contribution in [0.3, 0.4) is 0 Å². The molecule has 0 spiro atoms. The number of ether oxygens (including phenoxy) is 1. The van der Waals surface area contributed by atoms with Gasteiger partial charge in [-0.3, -0.25) is 9.59 Å². The number of aromatic nitrogens is 3. The fraction of sp³-hybridized carbons (Fsp3) is 0.444. The maximum Gasteiger partial charge on any atom is 0.230 e. The van der Waals surface area contributed by atoms with Crippen molar-refractivity contribution in [1.82, 2.24) is 20.0 Å². The van der Waals surface area contributed by atoms with Crippen LogP contribution in [0.25, 0.3) is 11.4 Å². The summed E-state index contributed by atoms with van der Waals surface area (Å²) < 4.78 is 10.8. The van der Waals surface area contributed by atoms with Crippen molar-refractivity contribution in [2.24, 2.45) is 5.92 Å². The van der Waals surface area contributed by atoms with Crippen LogP contribution in [-0.2, 0) is 9.59 Å². The zero-order chi connectivity index (χ0) is 25.4. The molecule has 1 saturated carbocycles. The molecule has 4 heterocycles. The van der Waals surface area contributed by atoms with Gasteiger partial charge in [0, 0.05) is 62.5 Å². The predicted octanol–water partition coefficient (Wildman–Crippen LogP) is 3.11. The van der Waals surface area contributed by atoms with Gasteiger partial charge in [0.25, 0.3) is 0 Å². The van der Waals surface area contributed by atoms with Crippen LogP contribution in [0.1, 0.15) is 38.0 Å². The molecule has 10 nitrogen and oxygen atoms in total. The van der Waals surface area contributed by atoms with Crippen LogP contribution >= 0.6 is 0 Å². The SMILES string of the molecule is CCOc1ccc(N2CC(C(=O)N3CCN(c4ccc(-c5noc(C6CC6)n5)cn4)CC3)CC2=O)cc1. The third-order valence-electron chi connectivity index (χ3n) is 7.22. The minimum Gasteiger partial charge on any atom is -0.494 e. The number of amides is 2. The Morgan fingerprint density at radius 1 is 1.08 bits per heavy atom. The monoisotopic (exact) mass is 502 g/mol. The third kappa shape index (κ3) is 4.87. The lowest BCUT2D eigenvalue weighted by Crippen LogP contribution is -2.51. The van der Waals surface area contributed by atoms with Gasteiger partial charge in [0.05, 0.1) is 12.5 Å². The molecule has 3 aliphatic rings. The largest absolute Gasteiger partial charge is 0.494 e. The van der Waals surface area contributed by atoms with Crippen LogP contribution in [0.2, 0.25) is 0 Å². The molecule has 1 aliphatic carbocycles. The molecule has 2 aromatic heterocycles. The smallest absolute Gasteiger partial charge is 0.230 e. The first kappa shape index (κ1) is 23.4. The highest BCUT2D eigenvalue weighted by Gasteiger charge is 2.38. The fourth-order valence-corrected chi connectivity index (χ4v) is 4.98. The molecule has 1 atom stereocenters. The van der Waals surface area contributed by atoms with Crippen molar-refractivity contribution in [3.63, 3.8) is 0 Å². The van der Waals surface area contributed by atoms with Gasteiger partial charge < -0.3 is 24.0 Å². The van der Waals surface area contributed by atoms with Crippen molar-refractivity contribution >= 4 is 23.3 Å². The van der Waals surface area contributed by atoms with Crippen molar-refractivity contribution in [1.29, 1.82) is 0 Å². The summed E-state index contributed by atoms with van der Waals surface area (Å²) in [5, 5.41) is 4.08. The zero-order valence-electron chi connectivity index (χ0n) is 20.9. The molecule has 3 fully saturated rings. The maximum atomic E-state index is 13.2. The van der Waals surface area contributed by atoms with E-state index in [2.05, 4.69) is 20.0 Å². The Bertz CT molecular complexity index is 1260. The Kier molecular flexibility index (Phi) is 6.23. The molecule has 0 radical (unpaired) electrons. The van der Waals surface area contributed by atoms with E-state index in [1.165, 1.54) is 0 Å². The number of piperazine rings is 1. The van der Waals surface area contributed by atoms with Crippen molar-refractivity contribution in [2.45, 2.75) is 32.1 Å². The Morgan fingerprint density at radius 2 is 1.86 bits per heavy atom. The highest BCUT2D eigenvalue weighted by Crippen LogP contribution is 2.39. The van der Waals surface area contributed by atoms with E-state index < -0.39 is 0 Å². The average Bonchev–Trinajstić information content (AvgIpc) is 3.54. The van der Waals surface area contributed by atoms with E-state index >= 15 is 0 Å². The Morgan fingerprint density at radius 3 is 2.54 bits per heavy atom. The first-order chi connectivity index (χ1) is 18.1.